The van der Waals surface area contributed by atoms with Crippen molar-refractivity contribution in [2.45, 2.75) is 25.2 Å². The number of ether oxygens (including phenoxy) is 2. The number of rotatable bonds is 2. The van der Waals surface area contributed by atoms with E-state index < -0.39 is 18.8 Å². The van der Waals surface area contributed by atoms with Crippen LogP contribution in [-0.4, -0.2) is 36.9 Å². The lowest BCUT2D eigenvalue weighted by Gasteiger charge is -2.37. The highest BCUT2D eigenvalue weighted by atomic mass is 16.7. The highest BCUT2D eigenvalue weighted by Crippen LogP contribution is 2.31. The molecule has 0 radical (unpaired) electrons. The fraction of sp³-hybridized carbons (Fsp3) is 0.571. The average Bonchev–Trinajstić information content (AvgIpc) is 2.81. The van der Waals surface area contributed by atoms with Gasteiger partial charge in [0.05, 0.1) is 13.2 Å². The maximum Gasteiger partial charge on any atom is 0.170 e. The fourth-order valence-electron chi connectivity index (χ4n) is 2.13. The minimum absolute atomic E-state index is 0.0202. The predicted molar refractivity (Wildman–Crippen MR) is 65.6 cm³/mol. The molecule has 2 fully saturated rings. The highest BCUT2D eigenvalue weighted by Gasteiger charge is 2.39. The van der Waals surface area contributed by atoms with Gasteiger partial charge < -0.3 is 9.47 Å². The van der Waals surface area contributed by atoms with E-state index in [1.54, 1.807) is 0 Å². The molecule has 92 valence electrons. The van der Waals surface area contributed by atoms with Crippen molar-refractivity contribution in [2.75, 3.05) is 26.2 Å². The molecule has 3 heteroatoms. The van der Waals surface area contributed by atoms with Crippen LogP contribution in [-0.2, 0) is 16.0 Å². The van der Waals surface area contributed by atoms with Crippen molar-refractivity contribution in [3.63, 3.8) is 0 Å². The van der Waals surface area contributed by atoms with Gasteiger partial charge in [-0.1, -0.05) is 30.3 Å². The topological polar surface area (TPSA) is 21.7 Å². The molecule has 0 saturated carbocycles. The van der Waals surface area contributed by atoms with Gasteiger partial charge in [0, 0.05) is 37.9 Å². The Balaban J connectivity index is 1.86. The number of piperidine rings is 1. The summed E-state index contributed by atoms with van der Waals surface area (Å²) < 4.78 is 44.1. The quantitative estimate of drug-likeness (QED) is 0.785. The zero-order valence-electron chi connectivity index (χ0n) is 13.7. The largest absolute Gasteiger partial charge is 0.347 e. The van der Waals surface area contributed by atoms with Gasteiger partial charge in [0.25, 0.3) is 0 Å². The molecule has 3 rings (SSSR count). The van der Waals surface area contributed by atoms with E-state index >= 15 is 0 Å². The van der Waals surface area contributed by atoms with Crippen LogP contribution in [0.15, 0.2) is 30.3 Å². The van der Waals surface area contributed by atoms with Crippen LogP contribution in [0.5, 0.6) is 0 Å². The molecule has 1 aromatic carbocycles. The standard InChI is InChI=1S/C14H19NO2/c1-2-4-13(5-3-1)12-15-8-6-14(7-9-15)16-10-11-17-14/h1-5H,6-12H2/i8D2,9D2. The first-order valence-corrected chi connectivity index (χ1v) is 5.93. The van der Waals surface area contributed by atoms with Crippen LogP contribution in [0, 0.1) is 0 Å². The molecular formula is C14H19NO2. The van der Waals surface area contributed by atoms with Crippen molar-refractivity contribution >= 4 is 0 Å². The molecule has 17 heavy (non-hydrogen) atoms. The van der Waals surface area contributed by atoms with Crippen molar-refractivity contribution in [3.8, 4) is 0 Å². The Labute approximate surface area is 108 Å². The van der Waals surface area contributed by atoms with E-state index in [2.05, 4.69) is 0 Å². The lowest BCUT2D eigenvalue weighted by molar-refractivity contribution is -0.185. The maximum absolute atomic E-state index is 8.27. The normalized spacial score (nSPS) is 33.6. The Morgan fingerprint density at radius 1 is 1.12 bits per heavy atom. The van der Waals surface area contributed by atoms with Crippen molar-refractivity contribution < 1.29 is 15.0 Å². The van der Waals surface area contributed by atoms with Gasteiger partial charge in [0.1, 0.15) is 0 Å². The molecule has 0 atom stereocenters. The molecule has 1 spiro atoms. The second-order valence-corrected chi connectivity index (χ2v) is 4.35. The van der Waals surface area contributed by atoms with E-state index in [9.17, 15) is 0 Å². The molecule has 1 aromatic rings. The molecular weight excluding hydrogens is 214 g/mol. The first-order valence-electron chi connectivity index (χ1n) is 7.93. The van der Waals surface area contributed by atoms with E-state index in [1.165, 1.54) is 4.90 Å². The zero-order valence-corrected chi connectivity index (χ0v) is 9.69. The summed E-state index contributed by atoms with van der Waals surface area (Å²) in [5, 5.41) is 0. The van der Waals surface area contributed by atoms with Gasteiger partial charge in [-0.2, -0.15) is 0 Å². The molecule has 2 aliphatic rings. The molecule has 0 N–H and O–H groups in total. The Kier molecular flexibility index (Phi) is 2.11. The molecule has 0 amide bonds. The van der Waals surface area contributed by atoms with E-state index in [-0.39, 0.29) is 19.4 Å². The van der Waals surface area contributed by atoms with Crippen LogP contribution in [0.25, 0.3) is 0 Å². The van der Waals surface area contributed by atoms with Gasteiger partial charge in [-0.25, -0.2) is 0 Å². The van der Waals surface area contributed by atoms with Gasteiger partial charge in [-0.05, 0) is 5.56 Å². The van der Waals surface area contributed by atoms with Gasteiger partial charge in [0.2, 0.25) is 0 Å². The van der Waals surface area contributed by atoms with Crippen LogP contribution < -0.4 is 0 Å². The number of likely N-dealkylation sites (tertiary alicyclic amines) is 1. The second-order valence-electron chi connectivity index (χ2n) is 4.35. The third kappa shape index (κ3) is 2.51. The first kappa shape index (κ1) is 7.52. The van der Waals surface area contributed by atoms with Gasteiger partial charge in [-0.15, -0.1) is 0 Å². The molecule has 2 aliphatic heterocycles. The highest BCUT2D eigenvalue weighted by molar-refractivity contribution is 5.14. The number of benzene rings is 1. The number of hydrogen-bond acceptors (Lipinski definition) is 3. The van der Waals surface area contributed by atoms with Crippen LogP contribution >= 0.6 is 0 Å². The first-order chi connectivity index (χ1) is 9.83. The predicted octanol–water partition coefficient (Wildman–Crippen LogP) is 2.03. The Hall–Kier alpha value is -0.900. The lowest BCUT2D eigenvalue weighted by atomic mass is 10.0. The van der Waals surface area contributed by atoms with Crippen LogP contribution in [0.4, 0.5) is 0 Å². The summed E-state index contributed by atoms with van der Waals surface area (Å²) in [6.07, 6.45) is 0.0404. The molecule has 3 nitrogen and oxygen atoms in total. The van der Waals surface area contributed by atoms with Crippen molar-refractivity contribution in [3.05, 3.63) is 35.9 Å². The molecule has 0 aliphatic carbocycles. The van der Waals surface area contributed by atoms with E-state index in [1.807, 2.05) is 30.3 Å². The minimum Gasteiger partial charge on any atom is -0.347 e. The second kappa shape index (κ2) is 4.77. The summed E-state index contributed by atoms with van der Waals surface area (Å²) in [6.45, 7) is -2.66. The lowest BCUT2D eigenvalue weighted by Crippen LogP contribution is -2.44. The third-order valence-corrected chi connectivity index (χ3v) is 3.08. The van der Waals surface area contributed by atoms with Crippen molar-refractivity contribution in [1.29, 1.82) is 0 Å². The number of hydrogen-bond donors (Lipinski definition) is 0. The van der Waals surface area contributed by atoms with Crippen molar-refractivity contribution in [1.82, 2.24) is 4.90 Å². The van der Waals surface area contributed by atoms with Crippen molar-refractivity contribution in [2.24, 2.45) is 0 Å². The van der Waals surface area contributed by atoms with E-state index in [4.69, 9.17) is 15.0 Å². The SMILES string of the molecule is [2H]C1([2H])CC2(CC([2H])([2H])N1Cc1ccccc1)OCCO2. The van der Waals surface area contributed by atoms with Crippen LogP contribution in [0.3, 0.4) is 0 Å². The van der Waals surface area contributed by atoms with E-state index in [0.29, 0.717) is 13.2 Å². The molecule has 2 heterocycles. The Morgan fingerprint density at radius 3 is 2.41 bits per heavy atom. The zero-order chi connectivity index (χ0) is 15.1. The number of nitrogens with zero attached hydrogens (tertiary/aromatic N) is 1. The van der Waals surface area contributed by atoms with Crippen LogP contribution in [0.1, 0.15) is 23.9 Å². The Bertz CT molecular complexity index is 483. The monoisotopic (exact) mass is 237 g/mol. The summed E-state index contributed by atoms with van der Waals surface area (Å²) in [5.74, 6) is -1.12. The van der Waals surface area contributed by atoms with E-state index in [0.717, 1.165) is 5.56 Å². The summed E-state index contributed by atoms with van der Waals surface area (Å²) in [4.78, 5) is 1.27. The summed E-state index contributed by atoms with van der Waals surface area (Å²) in [7, 11) is 0. The Morgan fingerprint density at radius 2 is 1.76 bits per heavy atom. The minimum atomic E-state index is -1.83. The van der Waals surface area contributed by atoms with Gasteiger partial charge in [-0.3, -0.25) is 4.90 Å². The third-order valence-electron chi connectivity index (χ3n) is 3.08. The molecule has 2 saturated heterocycles. The smallest absolute Gasteiger partial charge is 0.170 e. The maximum atomic E-state index is 8.27. The summed E-state index contributed by atoms with van der Waals surface area (Å²) >= 11 is 0. The average molecular weight is 237 g/mol. The molecule has 0 aromatic heterocycles. The molecule has 0 bridgehead atoms. The summed E-state index contributed by atoms with van der Waals surface area (Å²) in [6, 6.07) is 9.38. The van der Waals surface area contributed by atoms with Gasteiger partial charge in [0.15, 0.2) is 5.79 Å². The van der Waals surface area contributed by atoms with Gasteiger partial charge >= 0.3 is 0 Å². The molecule has 0 unspecified atom stereocenters. The fourth-order valence-corrected chi connectivity index (χ4v) is 2.13. The van der Waals surface area contributed by atoms with Crippen LogP contribution in [0.2, 0.25) is 0 Å². The summed E-state index contributed by atoms with van der Waals surface area (Å²) in [5.41, 5.74) is 0.884.